The lowest BCUT2D eigenvalue weighted by Gasteiger charge is -1.88. The van der Waals surface area contributed by atoms with Gasteiger partial charge in [-0.15, -0.1) is 0 Å². The van der Waals surface area contributed by atoms with Gasteiger partial charge in [-0.05, 0) is 12.1 Å². The molecule has 0 radical (unpaired) electrons. The topological polar surface area (TPSA) is 81.7 Å². The predicted molar refractivity (Wildman–Crippen MR) is 50.1 cm³/mol. The van der Waals surface area contributed by atoms with Gasteiger partial charge in [0.1, 0.15) is 11.3 Å². The summed E-state index contributed by atoms with van der Waals surface area (Å²) < 4.78 is 1.85. The molecule has 13 heavy (non-hydrogen) atoms. The van der Waals surface area contributed by atoms with Crippen molar-refractivity contribution in [3.63, 3.8) is 0 Å². The van der Waals surface area contributed by atoms with E-state index < -0.39 is 0 Å². The van der Waals surface area contributed by atoms with E-state index in [1.165, 1.54) is 0 Å². The molecule has 2 aromatic heterocycles. The number of rotatable bonds is 1. The lowest BCUT2D eigenvalue weighted by Crippen LogP contribution is -2.15. The Morgan fingerprint density at radius 1 is 1.46 bits per heavy atom. The van der Waals surface area contributed by atoms with Crippen LogP contribution in [-0.2, 0) is 0 Å². The van der Waals surface area contributed by atoms with Crippen LogP contribution in [0.25, 0.3) is 5.65 Å². The van der Waals surface area contributed by atoms with Crippen LogP contribution in [0.1, 0.15) is 5.69 Å². The van der Waals surface area contributed by atoms with E-state index in [0.29, 0.717) is 5.69 Å². The smallest absolute Gasteiger partial charge is 0.170 e. The highest BCUT2D eigenvalue weighted by molar-refractivity contribution is 5.95. The molecule has 5 nitrogen and oxygen atoms in total. The zero-order valence-corrected chi connectivity index (χ0v) is 6.88. The number of nitrogens with two attached hydrogens (primary N) is 2. The summed E-state index contributed by atoms with van der Waals surface area (Å²) in [6.45, 7) is 0. The van der Waals surface area contributed by atoms with E-state index in [0.717, 1.165) is 5.65 Å². The maximum atomic E-state index is 5.51. The molecule has 4 N–H and O–H groups in total. The van der Waals surface area contributed by atoms with Crippen molar-refractivity contribution in [2.45, 2.75) is 0 Å². The van der Waals surface area contributed by atoms with Gasteiger partial charge in [0.25, 0.3) is 0 Å². The SMILES string of the molecule is NN=C(N)c1cn2ccccc2n1. The molecule has 0 amide bonds. The minimum atomic E-state index is 0.240. The van der Waals surface area contributed by atoms with E-state index in [4.69, 9.17) is 11.6 Å². The fourth-order valence-corrected chi connectivity index (χ4v) is 1.12. The summed E-state index contributed by atoms with van der Waals surface area (Å²) in [5.74, 6) is 5.28. The average molecular weight is 175 g/mol. The molecule has 0 unspecified atom stereocenters. The third-order valence-electron chi connectivity index (χ3n) is 1.77. The molecular formula is C8H9N5. The van der Waals surface area contributed by atoms with Gasteiger partial charge in [-0.3, -0.25) is 0 Å². The number of hydrogen-bond donors (Lipinski definition) is 2. The lowest BCUT2D eigenvalue weighted by atomic mass is 10.4. The number of fused-ring (bicyclic) bond motifs is 1. The van der Waals surface area contributed by atoms with Crippen molar-refractivity contribution in [2.75, 3.05) is 0 Å². The zero-order valence-electron chi connectivity index (χ0n) is 6.88. The monoisotopic (exact) mass is 175 g/mol. The maximum Gasteiger partial charge on any atom is 0.170 e. The molecule has 0 bridgehead atoms. The molecule has 0 spiro atoms. The quantitative estimate of drug-likeness (QED) is 0.275. The molecule has 0 aliphatic carbocycles. The van der Waals surface area contributed by atoms with E-state index in [2.05, 4.69) is 10.1 Å². The number of hydrogen-bond acceptors (Lipinski definition) is 3. The van der Waals surface area contributed by atoms with Crippen LogP contribution in [0.2, 0.25) is 0 Å². The molecule has 2 aromatic rings. The van der Waals surface area contributed by atoms with E-state index in [1.54, 1.807) is 6.20 Å². The molecular weight excluding hydrogens is 166 g/mol. The van der Waals surface area contributed by atoms with Gasteiger partial charge in [-0.1, -0.05) is 6.07 Å². The number of aromatic nitrogens is 2. The third-order valence-corrected chi connectivity index (χ3v) is 1.77. The van der Waals surface area contributed by atoms with Gasteiger partial charge < -0.3 is 16.0 Å². The van der Waals surface area contributed by atoms with Crippen molar-refractivity contribution >= 4 is 11.5 Å². The number of hydrazone groups is 1. The molecule has 2 rings (SSSR count). The van der Waals surface area contributed by atoms with Gasteiger partial charge in [0.05, 0.1) is 0 Å². The van der Waals surface area contributed by atoms with Crippen LogP contribution >= 0.6 is 0 Å². The zero-order chi connectivity index (χ0) is 9.26. The van der Waals surface area contributed by atoms with Gasteiger partial charge >= 0.3 is 0 Å². The normalized spacial score (nSPS) is 12.2. The molecule has 0 saturated heterocycles. The van der Waals surface area contributed by atoms with Crippen LogP contribution in [0.3, 0.4) is 0 Å². The first kappa shape index (κ1) is 7.60. The third kappa shape index (κ3) is 1.20. The Morgan fingerprint density at radius 3 is 3.00 bits per heavy atom. The van der Waals surface area contributed by atoms with Gasteiger partial charge in [-0.2, -0.15) is 5.10 Å². The Kier molecular flexibility index (Phi) is 1.63. The average Bonchev–Trinajstić information content (AvgIpc) is 2.59. The maximum absolute atomic E-state index is 5.51. The highest BCUT2D eigenvalue weighted by Gasteiger charge is 2.03. The van der Waals surface area contributed by atoms with Crippen LogP contribution in [0, 0.1) is 0 Å². The van der Waals surface area contributed by atoms with Crippen LogP contribution in [0.15, 0.2) is 35.7 Å². The van der Waals surface area contributed by atoms with Crippen LogP contribution in [0.4, 0.5) is 0 Å². The number of nitrogens with zero attached hydrogens (tertiary/aromatic N) is 3. The molecule has 0 aromatic carbocycles. The van der Waals surface area contributed by atoms with E-state index in [1.807, 2.05) is 28.8 Å². The van der Waals surface area contributed by atoms with Crippen LogP contribution in [-0.4, -0.2) is 15.2 Å². The molecule has 0 atom stereocenters. The summed E-state index contributed by atoms with van der Waals surface area (Å²) in [5, 5.41) is 3.37. The Bertz CT molecular complexity index is 423. The van der Waals surface area contributed by atoms with E-state index in [-0.39, 0.29) is 5.84 Å². The highest BCUT2D eigenvalue weighted by atomic mass is 15.2. The van der Waals surface area contributed by atoms with E-state index in [9.17, 15) is 0 Å². The molecule has 66 valence electrons. The Balaban J connectivity index is 2.62. The molecule has 0 aliphatic heterocycles. The second kappa shape index (κ2) is 2.78. The van der Waals surface area contributed by atoms with Crippen LogP contribution in [0.5, 0.6) is 0 Å². The predicted octanol–water partition coefficient (Wildman–Crippen LogP) is -0.0867. The highest BCUT2D eigenvalue weighted by Crippen LogP contribution is 2.03. The Labute approximate surface area is 74.7 Å². The summed E-state index contributed by atoms with van der Waals surface area (Å²) in [4.78, 5) is 4.21. The summed E-state index contributed by atoms with van der Waals surface area (Å²) in [7, 11) is 0. The Hall–Kier alpha value is -2.04. The van der Waals surface area contributed by atoms with Crippen molar-refractivity contribution in [3.8, 4) is 0 Å². The summed E-state index contributed by atoms with van der Waals surface area (Å²) in [5.41, 5.74) is 6.92. The minimum absolute atomic E-state index is 0.240. The van der Waals surface area contributed by atoms with Crippen molar-refractivity contribution in [2.24, 2.45) is 16.7 Å². The van der Waals surface area contributed by atoms with Crippen molar-refractivity contribution in [1.29, 1.82) is 0 Å². The number of amidine groups is 1. The van der Waals surface area contributed by atoms with Gasteiger partial charge in [0.15, 0.2) is 5.84 Å². The first-order valence-electron chi connectivity index (χ1n) is 3.79. The molecule has 0 fully saturated rings. The second-order valence-corrected chi connectivity index (χ2v) is 2.61. The van der Waals surface area contributed by atoms with Crippen molar-refractivity contribution in [1.82, 2.24) is 9.38 Å². The van der Waals surface area contributed by atoms with Crippen molar-refractivity contribution < 1.29 is 0 Å². The Morgan fingerprint density at radius 2 is 2.31 bits per heavy atom. The first-order valence-corrected chi connectivity index (χ1v) is 3.79. The van der Waals surface area contributed by atoms with Gasteiger partial charge in [0, 0.05) is 12.4 Å². The van der Waals surface area contributed by atoms with Crippen molar-refractivity contribution in [3.05, 3.63) is 36.3 Å². The molecule has 2 heterocycles. The van der Waals surface area contributed by atoms with Gasteiger partial charge in [-0.25, -0.2) is 4.98 Å². The molecule has 0 aliphatic rings. The van der Waals surface area contributed by atoms with E-state index >= 15 is 0 Å². The standard InChI is InChI=1S/C8H9N5/c9-8(12-10)6-5-13-4-2-1-3-7(13)11-6/h1-5H,10H2,(H2,9,12). The number of pyridine rings is 1. The van der Waals surface area contributed by atoms with Gasteiger partial charge in [0.2, 0.25) is 0 Å². The lowest BCUT2D eigenvalue weighted by molar-refractivity contribution is 1.18. The first-order chi connectivity index (χ1) is 6.31. The number of imidazole rings is 1. The molecule has 5 heteroatoms. The minimum Gasteiger partial charge on any atom is -0.380 e. The fraction of sp³-hybridized carbons (Fsp3) is 0. The second-order valence-electron chi connectivity index (χ2n) is 2.61. The largest absolute Gasteiger partial charge is 0.380 e. The summed E-state index contributed by atoms with van der Waals surface area (Å²) >= 11 is 0. The molecule has 0 saturated carbocycles. The summed E-state index contributed by atoms with van der Waals surface area (Å²) in [6.07, 6.45) is 3.66. The van der Waals surface area contributed by atoms with Crippen LogP contribution < -0.4 is 11.6 Å². The fourth-order valence-electron chi connectivity index (χ4n) is 1.12. The summed E-state index contributed by atoms with van der Waals surface area (Å²) in [6, 6.07) is 5.70.